The van der Waals surface area contributed by atoms with E-state index in [9.17, 15) is 4.79 Å². The summed E-state index contributed by atoms with van der Waals surface area (Å²) in [6.45, 7) is 1.80. The van der Waals surface area contributed by atoms with Crippen molar-refractivity contribution in [3.63, 3.8) is 0 Å². The molecule has 0 rings (SSSR count). The van der Waals surface area contributed by atoms with Crippen LogP contribution in [0.1, 0.15) is 6.92 Å². The molecule has 0 aromatic rings. The van der Waals surface area contributed by atoms with Gasteiger partial charge in [0.2, 0.25) is 0 Å². The van der Waals surface area contributed by atoms with Crippen molar-refractivity contribution in [1.82, 2.24) is 0 Å². The van der Waals surface area contributed by atoms with Crippen LogP contribution in [0.15, 0.2) is 12.2 Å². The third kappa shape index (κ3) is 8.90. The summed E-state index contributed by atoms with van der Waals surface area (Å²) in [4.78, 5) is 9.32. The number of carbonyl (C=O) groups is 1. The first-order chi connectivity index (χ1) is 2.41. The quantitative estimate of drug-likeness (QED) is 0.266. The molecule has 0 N–H and O–H groups in total. The summed E-state index contributed by atoms with van der Waals surface area (Å²) < 4.78 is 0. The second kappa shape index (κ2) is 9.40. The SMILES string of the molecule is CC=CC=O.[KH]. The van der Waals surface area contributed by atoms with Crippen LogP contribution in [0.5, 0.6) is 0 Å². The molecular weight excluding hydrogens is 103 g/mol. The zero-order valence-corrected chi connectivity index (χ0v) is 3.14. The molecule has 0 atom stereocenters. The number of rotatable bonds is 1. The number of aldehydes is 1. The van der Waals surface area contributed by atoms with Crippen molar-refractivity contribution in [2.75, 3.05) is 0 Å². The van der Waals surface area contributed by atoms with E-state index in [4.69, 9.17) is 0 Å². The van der Waals surface area contributed by atoms with Crippen LogP contribution in [0.25, 0.3) is 0 Å². The fraction of sp³-hybridized carbons (Fsp3) is 0.250. The second-order valence-electron chi connectivity index (χ2n) is 0.662. The van der Waals surface area contributed by atoms with Gasteiger partial charge in [-0.05, 0) is 13.0 Å². The van der Waals surface area contributed by atoms with Gasteiger partial charge < -0.3 is 0 Å². The minimum absolute atomic E-state index is 0. The van der Waals surface area contributed by atoms with Crippen LogP contribution in [0.2, 0.25) is 0 Å². The molecule has 0 aliphatic heterocycles. The standard InChI is InChI=1S/C4H6O.K.H/c1-2-3-4-5;;/h2-4H,1H3;;. The number of carbonyl (C=O) groups excluding carboxylic acids is 1. The molecule has 1 nitrogen and oxygen atoms in total. The van der Waals surface area contributed by atoms with Gasteiger partial charge in [0, 0.05) is 0 Å². The number of allylic oxidation sites excluding steroid dienone is 2. The fourth-order valence-corrected chi connectivity index (χ4v) is 0.0786. The van der Waals surface area contributed by atoms with Crippen molar-refractivity contribution >= 4 is 57.7 Å². The molecule has 2 heteroatoms. The molecule has 30 valence electrons. The molecule has 0 aromatic carbocycles. The maximum absolute atomic E-state index is 9.32. The Kier molecular flexibility index (Phi) is 15.9. The molecule has 0 fully saturated rings. The van der Waals surface area contributed by atoms with E-state index in [0.29, 0.717) is 0 Å². The summed E-state index contributed by atoms with van der Waals surface area (Å²) in [6, 6.07) is 0. The van der Waals surface area contributed by atoms with E-state index in [-0.39, 0.29) is 51.4 Å². The second-order valence-corrected chi connectivity index (χ2v) is 0.662. The van der Waals surface area contributed by atoms with Gasteiger partial charge in [-0.15, -0.1) is 0 Å². The van der Waals surface area contributed by atoms with E-state index in [2.05, 4.69) is 0 Å². The Labute approximate surface area is 80.2 Å². The van der Waals surface area contributed by atoms with Gasteiger partial charge >= 0.3 is 51.4 Å². The van der Waals surface area contributed by atoms with Gasteiger partial charge in [0.15, 0.2) is 0 Å². The van der Waals surface area contributed by atoms with E-state index >= 15 is 0 Å². The van der Waals surface area contributed by atoms with Crippen LogP contribution < -0.4 is 0 Å². The topological polar surface area (TPSA) is 17.1 Å². The summed E-state index contributed by atoms with van der Waals surface area (Å²) in [5.41, 5.74) is 0. The Bertz CT molecular complexity index is 49.5. The summed E-state index contributed by atoms with van der Waals surface area (Å²) in [7, 11) is 0. The Balaban J connectivity index is 0. The maximum atomic E-state index is 9.32. The van der Waals surface area contributed by atoms with Gasteiger partial charge in [-0.1, -0.05) is 6.08 Å². The molecule has 0 unspecified atom stereocenters. The number of hydrogen-bond donors (Lipinski definition) is 0. The molecule has 0 aliphatic rings. The molecule has 0 spiro atoms. The van der Waals surface area contributed by atoms with E-state index in [1.165, 1.54) is 6.08 Å². The van der Waals surface area contributed by atoms with Gasteiger partial charge in [0.1, 0.15) is 6.29 Å². The van der Waals surface area contributed by atoms with Crippen molar-refractivity contribution in [3.8, 4) is 0 Å². The first kappa shape index (κ1) is 10.1. The minimum atomic E-state index is 0. The predicted octanol–water partition coefficient (Wildman–Crippen LogP) is 0.113. The van der Waals surface area contributed by atoms with Crippen LogP contribution in [0.4, 0.5) is 0 Å². The van der Waals surface area contributed by atoms with E-state index in [0.717, 1.165) is 6.29 Å². The summed E-state index contributed by atoms with van der Waals surface area (Å²) in [6.07, 6.45) is 3.88. The Morgan fingerprint density at radius 2 is 2.00 bits per heavy atom. The van der Waals surface area contributed by atoms with Crippen molar-refractivity contribution in [3.05, 3.63) is 12.2 Å². The molecule has 0 aliphatic carbocycles. The van der Waals surface area contributed by atoms with Crippen LogP contribution in [-0.4, -0.2) is 57.7 Å². The van der Waals surface area contributed by atoms with Gasteiger partial charge in [-0.25, -0.2) is 0 Å². The molecular formula is C4H7KO. The number of hydrogen-bond acceptors (Lipinski definition) is 1. The normalized spacial score (nSPS) is 7.50. The molecule has 0 heterocycles. The third-order valence-corrected chi connectivity index (χ3v) is 0.271. The Morgan fingerprint density at radius 3 is 2.00 bits per heavy atom. The van der Waals surface area contributed by atoms with E-state index < -0.39 is 0 Å². The van der Waals surface area contributed by atoms with Crippen molar-refractivity contribution in [2.45, 2.75) is 6.92 Å². The molecule has 6 heavy (non-hydrogen) atoms. The van der Waals surface area contributed by atoms with Gasteiger partial charge in [-0.3, -0.25) is 4.79 Å². The summed E-state index contributed by atoms with van der Waals surface area (Å²) in [5.74, 6) is 0. The monoisotopic (exact) mass is 110 g/mol. The van der Waals surface area contributed by atoms with Crippen molar-refractivity contribution in [2.24, 2.45) is 0 Å². The molecule has 0 amide bonds. The molecule has 0 radical (unpaired) electrons. The van der Waals surface area contributed by atoms with Crippen LogP contribution >= 0.6 is 0 Å². The van der Waals surface area contributed by atoms with Crippen molar-refractivity contribution < 1.29 is 4.79 Å². The molecule has 0 aromatic heterocycles. The van der Waals surface area contributed by atoms with Gasteiger partial charge in [0.05, 0.1) is 0 Å². The first-order valence-corrected chi connectivity index (χ1v) is 1.48. The summed E-state index contributed by atoms with van der Waals surface area (Å²) in [5, 5.41) is 0. The Morgan fingerprint density at radius 1 is 1.50 bits per heavy atom. The van der Waals surface area contributed by atoms with Gasteiger partial charge in [0.25, 0.3) is 0 Å². The van der Waals surface area contributed by atoms with Crippen LogP contribution in [0, 0.1) is 0 Å². The molecule has 0 saturated heterocycles. The molecule has 0 bridgehead atoms. The zero-order chi connectivity index (χ0) is 4.12. The molecule has 0 saturated carbocycles. The van der Waals surface area contributed by atoms with E-state index in [1.807, 2.05) is 0 Å². The predicted molar refractivity (Wildman–Crippen MR) is 28.0 cm³/mol. The summed E-state index contributed by atoms with van der Waals surface area (Å²) >= 11 is 0. The van der Waals surface area contributed by atoms with Crippen LogP contribution in [0.3, 0.4) is 0 Å². The third-order valence-electron chi connectivity index (χ3n) is 0.271. The average Bonchev–Trinajstić information content (AvgIpc) is 1.41. The first-order valence-electron chi connectivity index (χ1n) is 1.48. The van der Waals surface area contributed by atoms with Crippen molar-refractivity contribution in [1.29, 1.82) is 0 Å². The zero-order valence-electron chi connectivity index (χ0n) is 3.14. The fourth-order valence-electron chi connectivity index (χ4n) is 0.0786. The van der Waals surface area contributed by atoms with Gasteiger partial charge in [-0.2, -0.15) is 0 Å². The van der Waals surface area contributed by atoms with Crippen LogP contribution in [-0.2, 0) is 4.79 Å². The Hall–Kier alpha value is 1.05. The van der Waals surface area contributed by atoms with E-state index in [1.54, 1.807) is 13.0 Å². The average molecular weight is 110 g/mol.